The lowest BCUT2D eigenvalue weighted by molar-refractivity contribution is 0.583. The highest BCUT2D eigenvalue weighted by molar-refractivity contribution is 5.74. The smallest absolute Gasteiger partial charge is 0.0375 e. The summed E-state index contributed by atoms with van der Waals surface area (Å²) in [4.78, 5) is 0. The lowest BCUT2D eigenvalue weighted by Gasteiger charge is -2.21. The summed E-state index contributed by atoms with van der Waals surface area (Å²) in [7, 11) is 0. The van der Waals surface area contributed by atoms with Gasteiger partial charge < -0.3 is 11.1 Å². The Morgan fingerprint density at radius 1 is 0.463 bits per heavy atom. The molecule has 2 heteroatoms. The third kappa shape index (κ3) is 15.2. The van der Waals surface area contributed by atoms with Crippen molar-refractivity contribution in [3.05, 3.63) is 47.5 Å². The molecule has 0 aliphatic carbocycles. The molecule has 0 saturated heterocycles. The molecule has 232 valence electrons. The second-order valence-electron chi connectivity index (χ2n) is 12.5. The van der Waals surface area contributed by atoms with Crippen molar-refractivity contribution in [2.45, 2.75) is 168 Å². The van der Waals surface area contributed by atoms with Gasteiger partial charge in [-0.05, 0) is 72.6 Å². The Kier molecular flexibility index (Phi) is 20.3. The van der Waals surface area contributed by atoms with Crippen molar-refractivity contribution in [3.63, 3.8) is 0 Å². The number of nitrogen functional groups attached to an aromatic ring is 1. The minimum atomic E-state index is 0.846. The number of hydrogen-bond acceptors (Lipinski definition) is 2. The first-order chi connectivity index (χ1) is 20.2. The predicted octanol–water partition coefficient (Wildman–Crippen LogP) is 12.7. The van der Waals surface area contributed by atoms with Crippen LogP contribution in [0, 0.1) is 0 Å². The molecule has 2 aromatic carbocycles. The second kappa shape index (κ2) is 23.6. The van der Waals surface area contributed by atoms with E-state index in [4.69, 9.17) is 5.73 Å². The molecule has 41 heavy (non-hydrogen) atoms. The van der Waals surface area contributed by atoms with E-state index in [1.54, 1.807) is 11.1 Å². The van der Waals surface area contributed by atoms with Gasteiger partial charge in [-0.3, -0.25) is 0 Å². The van der Waals surface area contributed by atoms with Crippen LogP contribution in [0.1, 0.15) is 167 Å². The molecule has 0 aliphatic rings. The van der Waals surface area contributed by atoms with Gasteiger partial charge in [0.05, 0.1) is 0 Å². The maximum absolute atomic E-state index is 6.07. The van der Waals surface area contributed by atoms with Gasteiger partial charge in [0.25, 0.3) is 0 Å². The lowest BCUT2D eigenvalue weighted by Crippen LogP contribution is -2.08. The van der Waals surface area contributed by atoms with Crippen LogP contribution >= 0.6 is 0 Å². The highest BCUT2D eigenvalue weighted by Gasteiger charge is 2.15. The zero-order chi connectivity index (χ0) is 29.4. The van der Waals surface area contributed by atoms with E-state index >= 15 is 0 Å². The summed E-state index contributed by atoms with van der Waals surface area (Å²) in [5.41, 5.74) is 14.3. The number of nitrogens with one attached hydrogen (secondary N) is 1. The van der Waals surface area contributed by atoms with Gasteiger partial charge in [-0.25, -0.2) is 0 Å². The first-order valence-electron chi connectivity index (χ1n) is 18.0. The Labute approximate surface area is 255 Å². The quantitative estimate of drug-likeness (QED) is 0.0883. The molecular weight excluding hydrogens is 496 g/mol. The fourth-order valence-corrected chi connectivity index (χ4v) is 6.19. The molecule has 0 fully saturated rings. The molecule has 2 aromatic rings. The number of rotatable bonds is 26. The minimum absolute atomic E-state index is 0.846. The van der Waals surface area contributed by atoms with Crippen LogP contribution in [0.25, 0.3) is 11.1 Å². The summed E-state index contributed by atoms with van der Waals surface area (Å²) >= 11 is 0. The maximum Gasteiger partial charge on any atom is 0.0375 e. The monoisotopic (exact) mass is 563 g/mol. The van der Waals surface area contributed by atoms with Crippen molar-refractivity contribution in [1.82, 2.24) is 0 Å². The zero-order valence-corrected chi connectivity index (χ0v) is 27.5. The molecule has 3 N–H and O–H groups in total. The molecule has 0 saturated carbocycles. The number of unbranched alkanes of at least 4 members (excludes halogenated alkanes) is 18. The van der Waals surface area contributed by atoms with Crippen LogP contribution in [0.2, 0.25) is 0 Å². The summed E-state index contributed by atoms with van der Waals surface area (Å²) in [5, 5.41) is 3.92. The average Bonchev–Trinajstić information content (AvgIpc) is 2.98. The molecule has 0 radical (unpaired) electrons. The predicted molar refractivity (Wildman–Crippen MR) is 186 cm³/mol. The summed E-state index contributed by atoms with van der Waals surface area (Å²) in [6.07, 6.45) is 31.0. The van der Waals surface area contributed by atoms with Crippen molar-refractivity contribution in [2.24, 2.45) is 0 Å². The largest absolute Gasteiger partial charge is 0.399 e. The van der Waals surface area contributed by atoms with Crippen molar-refractivity contribution in [2.75, 3.05) is 17.6 Å². The van der Waals surface area contributed by atoms with Crippen molar-refractivity contribution < 1.29 is 0 Å². The summed E-state index contributed by atoms with van der Waals surface area (Å²) in [5.74, 6) is 0. The van der Waals surface area contributed by atoms with Gasteiger partial charge in [-0.2, -0.15) is 0 Å². The van der Waals surface area contributed by atoms with Crippen molar-refractivity contribution >= 4 is 11.4 Å². The van der Waals surface area contributed by atoms with Gasteiger partial charge >= 0.3 is 0 Å². The van der Waals surface area contributed by atoms with Gasteiger partial charge in [-0.15, -0.1) is 0 Å². The zero-order valence-electron chi connectivity index (χ0n) is 27.5. The highest BCUT2D eigenvalue weighted by atomic mass is 14.9. The van der Waals surface area contributed by atoms with Crippen LogP contribution in [0.5, 0.6) is 0 Å². The highest BCUT2D eigenvalue weighted by Crippen LogP contribution is 2.34. The molecule has 2 rings (SSSR count). The number of hydrogen-bond donors (Lipinski definition) is 2. The molecule has 0 heterocycles. The van der Waals surface area contributed by atoms with Crippen LogP contribution in [-0.2, 0) is 12.8 Å². The van der Waals surface area contributed by atoms with E-state index in [9.17, 15) is 0 Å². The summed E-state index contributed by atoms with van der Waals surface area (Å²) in [6.45, 7) is 8.01. The molecule has 0 amide bonds. The second-order valence-corrected chi connectivity index (χ2v) is 12.5. The average molecular weight is 563 g/mol. The molecule has 0 aromatic heterocycles. The van der Waals surface area contributed by atoms with E-state index < -0.39 is 0 Å². The van der Waals surface area contributed by atoms with E-state index in [0.29, 0.717) is 0 Å². The van der Waals surface area contributed by atoms with Gasteiger partial charge in [0, 0.05) is 17.9 Å². The van der Waals surface area contributed by atoms with Gasteiger partial charge in [0.1, 0.15) is 0 Å². The van der Waals surface area contributed by atoms with Crippen molar-refractivity contribution in [3.8, 4) is 11.1 Å². The van der Waals surface area contributed by atoms with E-state index in [0.717, 1.165) is 12.2 Å². The van der Waals surface area contributed by atoms with E-state index in [-0.39, 0.29) is 0 Å². The Balaban J connectivity index is 2.15. The SMILES string of the molecule is CCCCCCCCCNc1ccc(-c2ccc(N)cc2)c(CCCCCCCCC)c1CCCCCCCCC. The van der Waals surface area contributed by atoms with Crippen LogP contribution < -0.4 is 11.1 Å². The van der Waals surface area contributed by atoms with Gasteiger partial charge in [0.15, 0.2) is 0 Å². The van der Waals surface area contributed by atoms with E-state index in [1.165, 1.54) is 164 Å². The van der Waals surface area contributed by atoms with E-state index in [1.807, 2.05) is 0 Å². The van der Waals surface area contributed by atoms with Crippen LogP contribution in [0.15, 0.2) is 36.4 Å². The van der Waals surface area contributed by atoms with E-state index in [2.05, 4.69) is 62.5 Å². The third-order valence-electron chi connectivity index (χ3n) is 8.81. The standard InChI is InChI=1S/C39H66N2/c1-4-7-10-13-16-19-22-25-37-36(34-27-29-35(40)30-28-34)31-32-39(41-33-24-21-18-15-12-9-6-3)38(37)26-23-20-17-14-11-8-5-2/h27-32,41H,4-26,33,40H2,1-3H3. The molecule has 0 atom stereocenters. The summed E-state index contributed by atoms with van der Waals surface area (Å²) in [6, 6.07) is 13.4. The Morgan fingerprint density at radius 2 is 0.902 bits per heavy atom. The van der Waals surface area contributed by atoms with Crippen LogP contribution in [0.3, 0.4) is 0 Å². The maximum atomic E-state index is 6.07. The molecule has 0 bridgehead atoms. The number of benzene rings is 2. The lowest BCUT2D eigenvalue weighted by atomic mass is 9.88. The molecular formula is C39H66N2. The fourth-order valence-electron chi connectivity index (χ4n) is 6.19. The molecule has 0 unspecified atom stereocenters. The van der Waals surface area contributed by atoms with Crippen molar-refractivity contribution in [1.29, 1.82) is 0 Å². The number of anilines is 2. The van der Waals surface area contributed by atoms with Gasteiger partial charge in [-0.1, -0.05) is 155 Å². The fraction of sp³-hybridized carbons (Fsp3) is 0.692. The first-order valence-corrected chi connectivity index (χ1v) is 18.0. The number of nitrogens with two attached hydrogens (primary N) is 1. The topological polar surface area (TPSA) is 38.0 Å². The summed E-state index contributed by atoms with van der Waals surface area (Å²) < 4.78 is 0. The molecule has 0 aliphatic heterocycles. The third-order valence-corrected chi connectivity index (χ3v) is 8.81. The molecule has 0 spiro atoms. The normalized spacial score (nSPS) is 11.3. The van der Waals surface area contributed by atoms with Gasteiger partial charge in [0.2, 0.25) is 0 Å². The first kappa shape index (κ1) is 35.2. The Bertz CT molecular complexity index is 885. The Morgan fingerprint density at radius 3 is 1.41 bits per heavy atom. The molecule has 2 nitrogen and oxygen atoms in total. The van der Waals surface area contributed by atoms with Crippen LogP contribution in [-0.4, -0.2) is 6.54 Å². The van der Waals surface area contributed by atoms with Crippen LogP contribution in [0.4, 0.5) is 11.4 Å². The Hall–Kier alpha value is -1.96. The minimum Gasteiger partial charge on any atom is -0.399 e.